The van der Waals surface area contributed by atoms with Crippen molar-refractivity contribution in [3.8, 4) is 5.75 Å². The third-order valence-electron chi connectivity index (χ3n) is 10.3. The maximum absolute atomic E-state index is 12.1. The van der Waals surface area contributed by atoms with E-state index < -0.39 is 0 Å². The fourth-order valence-corrected chi connectivity index (χ4v) is 7.85. The first-order valence-electron chi connectivity index (χ1n) is 17.9. The Morgan fingerprint density at radius 2 is 0.667 bits per heavy atom. The minimum atomic E-state index is 0.112. The molecule has 6 heteroatoms. The number of phenolic OH excluding ortho intramolecular Hbond substituents is 1. The number of furan rings is 3. The van der Waals surface area contributed by atoms with Crippen LogP contribution in [0, 0.1) is 0 Å². The molecule has 54 heavy (non-hydrogen) atoms. The van der Waals surface area contributed by atoms with Crippen LogP contribution in [0.2, 0.25) is 0 Å². The van der Waals surface area contributed by atoms with Gasteiger partial charge in [-0.15, -0.1) is 0 Å². The Morgan fingerprint density at radius 3 is 1.13 bits per heavy atom. The summed E-state index contributed by atoms with van der Waals surface area (Å²) in [4.78, 5) is 4.17. The van der Waals surface area contributed by atoms with E-state index in [9.17, 15) is 5.11 Å². The van der Waals surface area contributed by atoms with Crippen molar-refractivity contribution in [3.63, 3.8) is 0 Å². The molecule has 8 aromatic carbocycles. The number of nitrogens with zero attached hydrogens (tertiary/aromatic N) is 2. The van der Waals surface area contributed by atoms with Gasteiger partial charge in [-0.2, -0.15) is 0 Å². The highest BCUT2D eigenvalue weighted by Crippen LogP contribution is 2.46. The van der Waals surface area contributed by atoms with E-state index in [2.05, 4.69) is 76.5 Å². The zero-order valence-corrected chi connectivity index (χ0v) is 28.8. The maximum Gasteiger partial charge on any atom is 0.141 e. The van der Waals surface area contributed by atoms with Gasteiger partial charge in [0, 0.05) is 79.3 Å². The highest BCUT2D eigenvalue weighted by atomic mass is 16.3. The van der Waals surface area contributed by atoms with Gasteiger partial charge < -0.3 is 28.2 Å². The van der Waals surface area contributed by atoms with Crippen molar-refractivity contribution in [1.82, 2.24) is 0 Å². The Kier molecular flexibility index (Phi) is 6.60. The third kappa shape index (κ3) is 4.74. The van der Waals surface area contributed by atoms with Crippen LogP contribution in [0.25, 0.3) is 65.8 Å². The second-order valence-electron chi connectivity index (χ2n) is 13.5. The number of hydrogen-bond acceptors (Lipinski definition) is 6. The van der Waals surface area contributed by atoms with Gasteiger partial charge in [0.15, 0.2) is 0 Å². The van der Waals surface area contributed by atoms with Gasteiger partial charge in [-0.25, -0.2) is 0 Å². The van der Waals surface area contributed by atoms with Crippen LogP contribution in [-0.2, 0) is 0 Å². The smallest absolute Gasteiger partial charge is 0.141 e. The Bertz CT molecular complexity index is 3100. The van der Waals surface area contributed by atoms with Gasteiger partial charge in [0.2, 0.25) is 0 Å². The van der Waals surface area contributed by atoms with E-state index in [0.29, 0.717) is 5.69 Å². The third-order valence-corrected chi connectivity index (χ3v) is 10.3. The predicted molar refractivity (Wildman–Crippen MR) is 219 cm³/mol. The summed E-state index contributed by atoms with van der Waals surface area (Å²) in [7, 11) is 0. The monoisotopic (exact) mass is 698 g/mol. The molecule has 0 bridgehead atoms. The molecule has 0 aliphatic carbocycles. The number of para-hydroxylation sites is 4. The fourth-order valence-electron chi connectivity index (χ4n) is 7.85. The first-order valence-corrected chi connectivity index (χ1v) is 17.9. The second-order valence-corrected chi connectivity index (χ2v) is 13.5. The molecule has 0 atom stereocenters. The molecule has 11 rings (SSSR count). The molecule has 0 spiro atoms. The molecule has 0 amide bonds. The van der Waals surface area contributed by atoms with Crippen molar-refractivity contribution in [2.45, 2.75) is 0 Å². The van der Waals surface area contributed by atoms with Crippen molar-refractivity contribution >= 4 is 99.9 Å². The molecule has 0 unspecified atom stereocenters. The van der Waals surface area contributed by atoms with E-state index >= 15 is 0 Å². The summed E-state index contributed by atoms with van der Waals surface area (Å²) in [5.74, 6) is 0.112. The Morgan fingerprint density at radius 1 is 0.296 bits per heavy atom. The zero-order chi connectivity index (χ0) is 35.8. The van der Waals surface area contributed by atoms with Crippen LogP contribution in [0.3, 0.4) is 0 Å². The lowest BCUT2D eigenvalue weighted by Crippen LogP contribution is -2.12. The van der Waals surface area contributed by atoms with Crippen molar-refractivity contribution in [2.75, 3.05) is 9.80 Å². The second kappa shape index (κ2) is 11.8. The average Bonchev–Trinajstić information content (AvgIpc) is 3.90. The summed E-state index contributed by atoms with van der Waals surface area (Å²) in [5, 5.41) is 18.4. The Hall–Kier alpha value is -7.44. The summed E-state index contributed by atoms with van der Waals surface area (Å²) in [5.41, 5.74) is 9.75. The van der Waals surface area contributed by atoms with Gasteiger partial charge in [0.25, 0.3) is 0 Å². The summed E-state index contributed by atoms with van der Waals surface area (Å²) in [6.45, 7) is 0. The van der Waals surface area contributed by atoms with Gasteiger partial charge in [0.1, 0.15) is 39.2 Å². The lowest BCUT2D eigenvalue weighted by molar-refractivity contribution is 0.476. The number of aromatic hydroxyl groups is 1. The standard InChI is InChI=1S/C48H30N2O4/c51-42-26-31(21-25-41(42)50(30-10-2-1-3-11-30)34-20-24-40-37-14-6-9-17-45(37)54-48(40)29-34)49(32-18-22-38-35-12-4-7-15-43(35)52-46(38)27-32)33-19-23-39-36-13-5-8-16-44(36)53-47(39)28-33/h1-29,51H. The van der Waals surface area contributed by atoms with Gasteiger partial charge in [-0.1, -0.05) is 72.8 Å². The van der Waals surface area contributed by atoms with Gasteiger partial charge >= 0.3 is 0 Å². The lowest BCUT2D eigenvalue weighted by atomic mass is 10.1. The van der Waals surface area contributed by atoms with Crippen LogP contribution < -0.4 is 9.80 Å². The lowest BCUT2D eigenvalue weighted by Gasteiger charge is -2.29. The minimum Gasteiger partial charge on any atom is -0.506 e. The van der Waals surface area contributed by atoms with Crippen LogP contribution in [0.1, 0.15) is 0 Å². The van der Waals surface area contributed by atoms with Crippen molar-refractivity contribution in [1.29, 1.82) is 0 Å². The molecule has 1 N–H and O–H groups in total. The molecule has 256 valence electrons. The average molecular weight is 699 g/mol. The number of anilines is 6. The van der Waals surface area contributed by atoms with Crippen LogP contribution in [-0.4, -0.2) is 5.11 Å². The molecule has 3 heterocycles. The van der Waals surface area contributed by atoms with E-state index in [1.807, 2.05) is 109 Å². The van der Waals surface area contributed by atoms with Crippen LogP contribution in [0.5, 0.6) is 5.75 Å². The van der Waals surface area contributed by atoms with E-state index in [1.54, 1.807) is 0 Å². The molecular weight excluding hydrogens is 669 g/mol. The largest absolute Gasteiger partial charge is 0.506 e. The highest BCUT2D eigenvalue weighted by Gasteiger charge is 2.22. The highest BCUT2D eigenvalue weighted by molar-refractivity contribution is 6.08. The molecule has 0 radical (unpaired) electrons. The molecular formula is C48H30N2O4. The summed E-state index contributed by atoms with van der Waals surface area (Å²) < 4.78 is 19.0. The minimum absolute atomic E-state index is 0.112. The molecule has 0 aliphatic rings. The summed E-state index contributed by atoms with van der Waals surface area (Å²) in [6.07, 6.45) is 0. The molecule has 0 saturated carbocycles. The van der Waals surface area contributed by atoms with E-state index in [-0.39, 0.29) is 5.75 Å². The van der Waals surface area contributed by atoms with E-state index in [4.69, 9.17) is 13.3 Å². The first-order chi connectivity index (χ1) is 26.7. The molecule has 6 nitrogen and oxygen atoms in total. The molecule has 0 aliphatic heterocycles. The maximum atomic E-state index is 12.1. The topological polar surface area (TPSA) is 66.1 Å². The summed E-state index contributed by atoms with van der Waals surface area (Å²) >= 11 is 0. The van der Waals surface area contributed by atoms with Gasteiger partial charge in [-0.05, 0) is 78.9 Å². The van der Waals surface area contributed by atoms with Crippen LogP contribution in [0.4, 0.5) is 34.1 Å². The Labute approximate surface area is 308 Å². The SMILES string of the molecule is Oc1cc(N(c2ccc3c(c2)oc2ccccc23)c2ccc3c(c2)oc2ccccc23)ccc1N(c1ccccc1)c1ccc2c(c1)oc1ccccc12. The predicted octanol–water partition coefficient (Wildman–Crippen LogP) is 14.0. The van der Waals surface area contributed by atoms with Crippen molar-refractivity contribution < 1.29 is 18.4 Å². The number of rotatable bonds is 6. The normalized spacial score (nSPS) is 11.8. The molecule has 0 saturated heterocycles. The van der Waals surface area contributed by atoms with Crippen LogP contribution in [0.15, 0.2) is 189 Å². The van der Waals surface area contributed by atoms with E-state index in [1.165, 1.54) is 0 Å². The van der Waals surface area contributed by atoms with E-state index in [0.717, 1.165) is 94.3 Å². The number of hydrogen-bond donors (Lipinski definition) is 1. The summed E-state index contributed by atoms with van der Waals surface area (Å²) in [6, 6.07) is 58.8. The molecule has 11 aromatic rings. The molecule has 3 aromatic heterocycles. The molecule has 0 fully saturated rings. The number of phenols is 1. The fraction of sp³-hybridized carbons (Fsp3) is 0. The zero-order valence-electron chi connectivity index (χ0n) is 28.8. The first kappa shape index (κ1) is 30.2. The van der Waals surface area contributed by atoms with Gasteiger partial charge in [-0.3, -0.25) is 0 Å². The van der Waals surface area contributed by atoms with Crippen LogP contribution >= 0.6 is 0 Å². The Balaban J connectivity index is 1.08. The number of fused-ring (bicyclic) bond motifs is 9. The van der Waals surface area contributed by atoms with Crippen molar-refractivity contribution in [2.24, 2.45) is 0 Å². The number of benzene rings is 8. The van der Waals surface area contributed by atoms with Crippen molar-refractivity contribution in [3.05, 3.63) is 176 Å². The van der Waals surface area contributed by atoms with Gasteiger partial charge in [0.05, 0.1) is 11.4 Å². The quantitative estimate of drug-likeness (QED) is 0.186.